The number of aliphatic carboxylic acids is 1. The van der Waals surface area contributed by atoms with Crippen molar-refractivity contribution >= 4 is 12.0 Å². The maximum atomic E-state index is 11.5. The van der Waals surface area contributed by atoms with Crippen molar-refractivity contribution < 1.29 is 19.4 Å². The lowest BCUT2D eigenvalue weighted by Crippen LogP contribution is -2.47. The molecular formula is C12H18N2O4. The molecule has 2 amide bonds. The fourth-order valence-corrected chi connectivity index (χ4v) is 1.71. The van der Waals surface area contributed by atoms with E-state index in [1.807, 2.05) is 0 Å². The zero-order valence-corrected chi connectivity index (χ0v) is 10.1. The van der Waals surface area contributed by atoms with Gasteiger partial charge in [-0.3, -0.25) is 4.79 Å². The second kappa shape index (κ2) is 7.56. The van der Waals surface area contributed by atoms with E-state index < -0.39 is 17.9 Å². The molecule has 0 saturated carbocycles. The third kappa shape index (κ3) is 4.63. The predicted molar refractivity (Wildman–Crippen MR) is 65.0 cm³/mol. The minimum absolute atomic E-state index is 0.141. The standard InChI is InChI=1S/C12H18N2O4/c1-2-3-4-5-6-13-12(17)14-10-8-18-7-9(10)11(15)16/h1,9-10H,3-8H2,(H,15,16)(H2,13,14,17). The summed E-state index contributed by atoms with van der Waals surface area (Å²) in [5, 5.41) is 14.2. The van der Waals surface area contributed by atoms with E-state index in [1.54, 1.807) is 0 Å². The smallest absolute Gasteiger partial charge is 0.315 e. The summed E-state index contributed by atoms with van der Waals surface area (Å²) in [4.78, 5) is 22.3. The topological polar surface area (TPSA) is 87.7 Å². The predicted octanol–water partition coefficient (Wildman–Crippen LogP) is 0.189. The van der Waals surface area contributed by atoms with Crippen LogP contribution < -0.4 is 10.6 Å². The molecule has 1 saturated heterocycles. The van der Waals surface area contributed by atoms with Gasteiger partial charge in [0.05, 0.1) is 19.3 Å². The van der Waals surface area contributed by atoms with E-state index >= 15 is 0 Å². The molecule has 0 aliphatic carbocycles. The van der Waals surface area contributed by atoms with Gasteiger partial charge in [-0.05, 0) is 12.8 Å². The second-order valence-corrected chi connectivity index (χ2v) is 4.15. The van der Waals surface area contributed by atoms with E-state index in [2.05, 4.69) is 16.6 Å². The molecule has 0 radical (unpaired) electrons. The van der Waals surface area contributed by atoms with Crippen LogP contribution in [0.15, 0.2) is 0 Å². The number of carboxylic acid groups (broad SMARTS) is 1. The molecule has 18 heavy (non-hydrogen) atoms. The van der Waals surface area contributed by atoms with Gasteiger partial charge >= 0.3 is 12.0 Å². The number of nitrogens with one attached hydrogen (secondary N) is 2. The average Bonchev–Trinajstić information content (AvgIpc) is 2.77. The number of hydrogen-bond donors (Lipinski definition) is 3. The Morgan fingerprint density at radius 2 is 2.17 bits per heavy atom. The Morgan fingerprint density at radius 3 is 2.83 bits per heavy atom. The lowest BCUT2D eigenvalue weighted by molar-refractivity contribution is -0.142. The molecule has 0 aromatic carbocycles. The van der Waals surface area contributed by atoms with Gasteiger partial charge in [0.15, 0.2) is 0 Å². The maximum Gasteiger partial charge on any atom is 0.315 e. The Hall–Kier alpha value is -1.74. The van der Waals surface area contributed by atoms with Crippen LogP contribution in [0.25, 0.3) is 0 Å². The molecule has 1 rings (SSSR count). The highest BCUT2D eigenvalue weighted by molar-refractivity contribution is 5.77. The Balaban J connectivity index is 2.19. The third-order valence-corrected chi connectivity index (χ3v) is 2.75. The SMILES string of the molecule is C#CCCCCNC(=O)NC1COCC1C(=O)O. The number of amides is 2. The summed E-state index contributed by atoms with van der Waals surface area (Å²) in [5.41, 5.74) is 0. The zero-order valence-electron chi connectivity index (χ0n) is 10.1. The molecule has 6 nitrogen and oxygen atoms in total. The van der Waals surface area contributed by atoms with Gasteiger partial charge in [-0.15, -0.1) is 12.3 Å². The molecule has 1 aliphatic rings. The minimum Gasteiger partial charge on any atom is -0.481 e. The number of carbonyl (C=O) groups is 2. The Bertz CT molecular complexity index is 337. The van der Waals surface area contributed by atoms with Crippen LogP contribution in [-0.4, -0.2) is 42.9 Å². The van der Waals surface area contributed by atoms with Gasteiger partial charge in [0.2, 0.25) is 0 Å². The fourth-order valence-electron chi connectivity index (χ4n) is 1.71. The lowest BCUT2D eigenvalue weighted by atomic mass is 10.0. The molecule has 3 N–H and O–H groups in total. The van der Waals surface area contributed by atoms with Crippen LogP contribution in [0.1, 0.15) is 19.3 Å². The number of terminal acetylenes is 1. The van der Waals surface area contributed by atoms with Gasteiger partial charge in [0.25, 0.3) is 0 Å². The van der Waals surface area contributed by atoms with E-state index in [4.69, 9.17) is 16.3 Å². The highest BCUT2D eigenvalue weighted by Crippen LogP contribution is 2.13. The number of unbranched alkanes of at least 4 members (excludes halogenated alkanes) is 2. The maximum absolute atomic E-state index is 11.5. The molecule has 1 aliphatic heterocycles. The van der Waals surface area contributed by atoms with E-state index in [0.717, 1.165) is 12.8 Å². The molecule has 2 atom stereocenters. The third-order valence-electron chi connectivity index (χ3n) is 2.75. The number of rotatable bonds is 6. The number of carboxylic acids is 1. The average molecular weight is 254 g/mol. The van der Waals surface area contributed by atoms with Crippen molar-refractivity contribution in [2.75, 3.05) is 19.8 Å². The first-order chi connectivity index (χ1) is 8.65. The lowest BCUT2D eigenvalue weighted by Gasteiger charge is -2.16. The van der Waals surface area contributed by atoms with Gasteiger partial charge < -0.3 is 20.5 Å². The molecule has 0 aromatic heterocycles. The van der Waals surface area contributed by atoms with Crippen LogP contribution in [0.3, 0.4) is 0 Å². The Morgan fingerprint density at radius 1 is 1.39 bits per heavy atom. The van der Waals surface area contributed by atoms with E-state index in [0.29, 0.717) is 13.0 Å². The van der Waals surface area contributed by atoms with Crippen molar-refractivity contribution in [2.24, 2.45) is 5.92 Å². The highest BCUT2D eigenvalue weighted by Gasteiger charge is 2.34. The monoisotopic (exact) mass is 254 g/mol. The summed E-state index contributed by atoms with van der Waals surface area (Å²) in [6.07, 6.45) is 7.47. The van der Waals surface area contributed by atoms with Crippen molar-refractivity contribution in [3.63, 3.8) is 0 Å². The second-order valence-electron chi connectivity index (χ2n) is 4.15. The zero-order chi connectivity index (χ0) is 13.4. The summed E-state index contributed by atoms with van der Waals surface area (Å²) in [6, 6.07) is -0.828. The molecular weight excluding hydrogens is 236 g/mol. The van der Waals surface area contributed by atoms with Crippen LogP contribution >= 0.6 is 0 Å². The summed E-state index contributed by atoms with van der Waals surface area (Å²) in [5.74, 6) is 0.901. The number of ether oxygens (including phenoxy) is 1. The first-order valence-electron chi connectivity index (χ1n) is 5.93. The molecule has 0 aromatic rings. The Labute approximate surface area is 106 Å². The number of urea groups is 1. The van der Waals surface area contributed by atoms with Gasteiger partial charge in [-0.1, -0.05) is 0 Å². The molecule has 100 valence electrons. The fraction of sp³-hybridized carbons (Fsp3) is 0.667. The van der Waals surface area contributed by atoms with Crippen LogP contribution in [0.5, 0.6) is 0 Å². The van der Waals surface area contributed by atoms with Crippen molar-refractivity contribution in [3.8, 4) is 12.3 Å². The number of hydrogen-bond acceptors (Lipinski definition) is 3. The van der Waals surface area contributed by atoms with Crippen molar-refractivity contribution in [1.82, 2.24) is 10.6 Å². The van der Waals surface area contributed by atoms with Gasteiger partial charge in [0, 0.05) is 13.0 Å². The van der Waals surface area contributed by atoms with E-state index in [-0.39, 0.29) is 19.2 Å². The molecule has 0 bridgehead atoms. The van der Waals surface area contributed by atoms with Crippen molar-refractivity contribution in [2.45, 2.75) is 25.3 Å². The summed E-state index contributed by atoms with van der Waals surface area (Å²) in [6.45, 7) is 0.906. The van der Waals surface area contributed by atoms with Crippen molar-refractivity contribution in [1.29, 1.82) is 0 Å². The molecule has 6 heteroatoms. The summed E-state index contributed by atoms with van der Waals surface area (Å²) in [7, 11) is 0. The first-order valence-corrected chi connectivity index (χ1v) is 5.93. The van der Waals surface area contributed by atoms with Gasteiger partial charge in [-0.25, -0.2) is 4.79 Å². The quantitative estimate of drug-likeness (QED) is 0.466. The van der Waals surface area contributed by atoms with E-state index in [1.165, 1.54) is 0 Å². The Kier molecular flexibility index (Phi) is 6.01. The summed E-state index contributed by atoms with van der Waals surface area (Å²) < 4.78 is 5.04. The van der Waals surface area contributed by atoms with Crippen LogP contribution in [0, 0.1) is 18.3 Å². The van der Waals surface area contributed by atoms with Gasteiger partial charge in [0.1, 0.15) is 5.92 Å². The molecule has 1 heterocycles. The molecule has 2 unspecified atom stereocenters. The molecule has 1 fully saturated rings. The first kappa shape index (κ1) is 14.3. The minimum atomic E-state index is -0.952. The molecule has 0 spiro atoms. The largest absolute Gasteiger partial charge is 0.481 e. The van der Waals surface area contributed by atoms with Crippen LogP contribution in [0.4, 0.5) is 4.79 Å². The van der Waals surface area contributed by atoms with Crippen LogP contribution in [-0.2, 0) is 9.53 Å². The summed E-state index contributed by atoms with van der Waals surface area (Å²) >= 11 is 0. The van der Waals surface area contributed by atoms with Crippen LogP contribution in [0.2, 0.25) is 0 Å². The van der Waals surface area contributed by atoms with Gasteiger partial charge in [-0.2, -0.15) is 0 Å². The van der Waals surface area contributed by atoms with E-state index in [9.17, 15) is 9.59 Å². The number of carbonyl (C=O) groups excluding carboxylic acids is 1. The van der Waals surface area contributed by atoms with Crippen molar-refractivity contribution in [3.05, 3.63) is 0 Å². The normalized spacial score (nSPS) is 22.2. The highest BCUT2D eigenvalue weighted by atomic mass is 16.5.